The summed E-state index contributed by atoms with van der Waals surface area (Å²) in [6, 6.07) is 15.7. The fraction of sp³-hybridized carbons (Fsp3) is 0.500. The zero-order chi connectivity index (χ0) is 21.4. The van der Waals surface area contributed by atoms with Crippen molar-refractivity contribution < 1.29 is 0 Å². The predicted octanol–water partition coefficient (Wildman–Crippen LogP) is 4.25. The summed E-state index contributed by atoms with van der Waals surface area (Å²) in [5.74, 6) is 0. The first-order valence-electron chi connectivity index (χ1n) is 11.8. The summed E-state index contributed by atoms with van der Waals surface area (Å²) in [4.78, 5) is 20.9. The number of likely N-dealkylation sites (tertiary alicyclic amines) is 2. The Balaban J connectivity index is 1.17. The van der Waals surface area contributed by atoms with Crippen molar-refractivity contribution in [2.45, 2.75) is 58.2 Å². The van der Waals surface area contributed by atoms with E-state index in [4.69, 9.17) is 0 Å². The van der Waals surface area contributed by atoms with E-state index in [0.29, 0.717) is 12.1 Å². The van der Waals surface area contributed by atoms with E-state index >= 15 is 0 Å². The lowest BCUT2D eigenvalue weighted by molar-refractivity contribution is 0.0768. The molecule has 1 aromatic heterocycles. The maximum absolute atomic E-state index is 12.5. The number of H-pyrrole nitrogens is 1. The minimum absolute atomic E-state index is 0.0412. The van der Waals surface area contributed by atoms with Crippen molar-refractivity contribution in [3.63, 3.8) is 0 Å². The van der Waals surface area contributed by atoms with Crippen molar-refractivity contribution in [2.24, 2.45) is 0 Å². The zero-order valence-electron chi connectivity index (χ0n) is 18.8. The maximum Gasteiger partial charge on any atom is 0.326 e. The molecule has 2 aliphatic heterocycles. The average molecular weight is 419 g/mol. The smallest absolute Gasteiger partial charge is 0.306 e. The molecule has 3 aromatic rings. The van der Waals surface area contributed by atoms with Crippen LogP contribution >= 0.6 is 0 Å². The molecule has 0 spiro atoms. The van der Waals surface area contributed by atoms with Crippen LogP contribution in [-0.4, -0.2) is 51.6 Å². The molecule has 0 bridgehead atoms. The highest BCUT2D eigenvalue weighted by Gasteiger charge is 2.30. The Morgan fingerprint density at radius 1 is 0.839 bits per heavy atom. The molecule has 2 saturated heterocycles. The Morgan fingerprint density at radius 3 is 2.19 bits per heavy atom. The van der Waals surface area contributed by atoms with Gasteiger partial charge in [0.05, 0.1) is 11.0 Å². The first-order valence-corrected chi connectivity index (χ1v) is 11.8. The van der Waals surface area contributed by atoms with Gasteiger partial charge in [-0.05, 0) is 81.4 Å². The van der Waals surface area contributed by atoms with E-state index in [9.17, 15) is 4.79 Å². The zero-order valence-corrected chi connectivity index (χ0v) is 18.8. The number of rotatable bonds is 4. The standard InChI is InChI=1S/C26H34N4O/c1-19-6-5-7-20(2)23(19)18-28-14-10-21(11-15-28)29-16-12-22(13-17-29)30-25-9-4-3-8-24(25)27-26(30)31/h3-9,21-22H,10-18H2,1-2H3,(H,27,31). The van der Waals surface area contributed by atoms with Crippen molar-refractivity contribution in [3.05, 3.63) is 69.6 Å². The van der Waals surface area contributed by atoms with Gasteiger partial charge in [0.2, 0.25) is 0 Å². The number of nitrogens with one attached hydrogen (secondary N) is 1. The molecule has 2 aromatic carbocycles. The van der Waals surface area contributed by atoms with Crippen LogP contribution < -0.4 is 5.69 Å². The number of imidazole rings is 1. The second kappa shape index (κ2) is 8.64. The monoisotopic (exact) mass is 418 g/mol. The molecule has 1 N–H and O–H groups in total. The van der Waals surface area contributed by atoms with Crippen LogP contribution in [0.5, 0.6) is 0 Å². The summed E-state index contributed by atoms with van der Waals surface area (Å²) in [5, 5.41) is 0. The van der Waals surface area contributed by atoms with E-state index in [-0.39, 0.29) is 5.69 Å². The molecular formula is C26H34N4O. The van der Waals surface area contributed by atoms with Crippen LogP contribution in [0.2, 0.25) is 0 Å². The molecule has 0 unspecified atom stereocenters. The van der Waals surface area contributed by atoms with Gasteiger partial charge in [0, 0.05) is 31.7 Å². The highest BCUT2D eigenvalue weighted by Crippen LogP contribution is 2.29. The van der Waals surface area contributed by atoms with Gasteiger partial charge in [0.15, 0.2) is 0 Å². The molecule has 2 aliphatic rings. The van der Waals surface area contributed by atoms with Crippen LogP contribution in [-0.2, 0) is 6.54 Å². The number of benzene rings is 2. The third-order valence-electron chi connectivity index (χ3n) is 7.59. The number of piperidine rings is 2. The third kappa shape index (κ3) is 4.09. The number of nitrogens with zero attached hydrogens (tertiary/aromatic N) is 3. The number of aryl methyl sites for hydroxylation is 2. The van der Waals surface area contributed by atoms with E-state index in [1.165, 1.54) is 42.6 Å². The molecule has 0 atom stereocenters. The van der Waals surface area contributed by atoms with Crippen LogP contribution in [0.4, 0.5) is 0 Å². The highest BCUT2D eigenvalue weighted by molar-refractivity contribution is 5.75. The van der Waals surface area contributed by atoms with Crippen molar-refractivity contribution >= 4 is 11.0 Å². The summed E-state index contributed by atoms with van der Waals surface area (Å²) in [5.41, 5.74) is 6.37. The summed E-state index contributed by atoms with van der Waals surface area (Å²) < 4.78 is 2.00. The van der Waals surface area contributed by atoms with Crippen molar-refractivity contribution in [1.82, 2.24) is 19.4 Å². The molecule has 0 aliphatic carbocycles. The van der Waals surface area contributed by atoms with Gasteiger partial charge in [-0.15, -0.1) is 0 Å². The first kappa shape index (κ1) is 20.5. The predicted molar refractivity (Wildman–Crippen MR) is 127 cm³/mol. The van der Waals surface area contributed by atoms with Gasteiger partial charge in [0.1, 0.15) is 0 Å². The van der Waals surface area contributed by atoms with E-state index in [1.54, 1.807) is 0 Å². The maximum atomic E-state index is 12.5. The summed E-state index contributed by atoms with van der Waals surface area (Å²) in [7, 11) is 0. The number of hydrogen-bond donors (Lipinski definition) is 1. The lowest BCUT2D eigenvalue weighted by atomic mass is 9.96. The van der Waals surface area contributed by atoms with Crippen molar-refractivity contribution in [3.8, 4) is 0 Å². The van der Waals surface area contributed by atoms with Gasteiger partial charge in [-0.25, -0.2) is 4.79 Å². The van der Waals surface area contributed by atoms with E-state index in [2.05, 4.69) is 52.9 Å². The fourth-order valence-corrected chi connectivity index (χ4v) is 5.71. The third-order valence-corrected chi connectivity index (χ3v) is 7.59. The number of aromatic nitrogens is 2. The van der Waals surface area contributed by atoms with Gasteiger partial charge in [-0.1, -0.05) is 30.3 Å². The van der Waals surface area contributed by atoms with Crippen LogP contribution in [0.1, 0.15) is 48.4 Å². The second-order valence-corrected chi connectivity index (χ2v) is 9.46. The molecule has 5 heteroatoms. The summed E-state index contributed by atoms with van der Waals surface area (Å²) >= 11 is 0. The van der Waals surface area contributed by atoms with Crippen molar-refractivity contribution in [1.29, 1.82) is 0 Å². The minimum atomic E-state index is 0.0412. The number of para-hydroxylation sites is 2. The Kier molecular flexibility index (Phi) is 5.72. The molecule has 0 saturated carbocycles. The normalized spacial score (nSPS) is 19.9. The van der Waals surface area contributed by atoms with Gasteiger partial charge < -0.3 is 9.88 Å². The molecule has 31 heavy (non-hydrogen) atoms. The van der Waals surface area contributed by atoms with Crippen molar-refractivity contribution in [2.75, 3.05) is 26.2 Å². The van der Waals surface area contributed by atoms with Crippen LogP contribution in [0.3, 0.4) is 0 Å². The lowest BCUT2D eigenvalue weighted by Gasteiger charge is -2.42. The van der Waals surface area contributed by atoms with Crippen LogP contribution in [0.25, 0.3) is 11.0 Å². The molecule has 0 radical (unpaired) electrons. The minimum Gasteiger partial charge on any atom is -0.306 e. The van der Waals surface area contributed by atoms with Gasteiger partial charge >= 0.3 is 5.69 Å². The van der Waals surface area contributed by atoms with Crippen LogP contribution in [0, 0.1) is 13.8 Å². The Bertz CT molecular complexity index is 1080. The molecular weight excluding hydrogens is 384 g/mol. The average Bonchev–Trinajstić information content (AvgIpc) is 3.13. The highest BCUT2D eigenvalue weighted by atomic mass is 16.1. The lowest BCUT2D eigenvalue weighted by Crippen LogP contribution is -2.48. The summed E-state index contributed by atoms with van der Waals surface area (Å²) in [6.07, 6.45) is 4.63. The van der Waals surface area contributed by atoms with E-state index in [0.717, 1.165) is 43.5 Å². The molecule has 164 valence electrons. The molecule has 5 rings (SSSR count). The Morgan fingerprint density at radius 2 is 1.48 bits per heavy atom. The van der Waals surface area contributed by atoms with Gasteiger partial charge in [-0.3, -0.25) is 9.47 Å². The van der Waals surface area contributed by atoms with Crippen LogP contribution in [0.15, 0.2) is 47.3 Å². The van der Waals surface area contributed by atoms with E-state index < -0.39 is 0 Å². The SMILES string of the molecule is Cc1cccc(C)c1CN1CCC(N2CCC(n3c(=O)[nH]c4ccccc43)CC2)CC1. The first-order chi connectivity index (χ1) is 15.1. The molecule has 5 nitrogen and oxygen atoms in total. The number of fused-ring (bicyclic) bond motifs is 1. The number of hydrogen-bond acceptors (Lipinski definition) is 3. The quantitative estimate of drug-likeness (QED) is 0.689. The fourth-order valence-electron chi connectivity index (χ4n) is 5.71. The topological polar surface area (TPSA) is 44.3 Å². The Hall–Kier alpha value is -2.37. The van der Waals surface area contributed by atoms with Gasteiger partial charge in [-0.2, -0.15) is 0 Å². The van der Waals surface area contributed by atoms with E-state index in [1.807, 2.05) is 22.8 Å². The largest absolute Gasteiger partial charge is 0.326 e. The Labute approximate surface area is 184 Å². The second-order valence-electron chi connectivity index (χ2n) is 9.46. The molecule has 2 fully saturated rings. The molecule has 3 heterocycles. The summed E-state index contributed by atoms with van der Waals surface area (Å²) in [6.45, 7) is 10.1. The molecule has 0 amide bonds. The number of aromatic amines is 1. The van der Waals surface area contributed by atoms with Gasteiger partial charge in [0.25, 0.3) is 0 Å².